The summed E-state index contributed by atoms with van der Waals surface area (Å²) < 4.78 is 0.954. The standard InChI is InChI=1S/C14H9BrN2O3/c15-10-3-1-9-6-11(4-2-8(9)5-10)17-13(19)7-12(18)16-14(17)20/h1-6H,7H2,(H,16,18,20). The molecule has 0 aromatic heterocycles. The van der Waals surface area contributed by atoms with Gasteiger partial charge in [0.25, 0.3) is 0 Å². The quantitative estimate of drug-likeness (QED) is 0.816. The molecule has 20 heavy (non-hydrogen) atoms. The van der Waals surface area contributed by atoms with Crippen molar-refractivity contribution in [3.05, 3.63) is 40.9 Å². The number of anilines is 1. The normalized spacial score (nSPS) is 15.7. The molecule has 0 atom stereocenters. The fourth-order valence-electron chi connectivity index (χ4n) is 2.15. The van der Waals surface area contributed by atoms with Crippen LogP contribution in [0.25, 0.3) is 10.8 Å². The zero-order valence-electron chi connectivity index (χ0n) is 10.2. The van der Waals surface area contributed by atoms with Crippen molar-refractivity contribution in [1.82, 2.24) is 5.32 Å². The summed E-state index contributed by atoms with van der Waals surface area (Å²) in [6, 6.07) is 10.3. The number of fused-ring (bicyclic) bond motifs is 1. The minimum atomic E-state index is -0.706. The minimum absolute atomic E-state index is 0.315. The summed E-state index contributed by atoms with van der Waals surface area (Å²) in [6.07, 6.45) is -0.315. The fraction of sp³-hybridized carbons (Fsp3) is 0.0714. The van der Waals surface area contributed by atoms with Gasteiger partial charge >= 0.3 is 6.03 Å². The van der Waals surface area contributed by atoms with E-state index >= 15 is 0 Å². The molecule has 2 aromatic carbocycles. The number of amides is 4. The summed E-state index contributed by atoms with van der Waals surface area (Å²) in [5, 5.41) is 4.03. The molecular formula is C14H9BrN2O3. The van der Waals surface area contributed by atoms with Crippen LogP contribution in [0.15, 0.2) is 40.9 Å². The third-order valence-electron chi connectivity index (χ3n) is 3.05. The van der Waals surface area contributed by atoms with Crippen LogP contribution >= 0.6 is 15.9 Å². The Kier molecular flexibility index (Phi) is 3.02. The van der Waals surface area contributed by atoms with Crippen LogP contribution in [0.2, 0.25) is 0 Å². The van der Waals surface area contributed by atoms with Crippen LogP contribution in [0, 0.1) is 0 Å². The molecule has 0 saturated carbocycles. The van der Waals surface area contributed by atoms with Crippen molar-refractivity contribution >= 4 is 50.2 Å². The Morgan fingerprint density at radius 3 is 2.45 bits per heavy atom. The molecule has 0 aliphatic carbocycles. The Morgan fingerprint density at radius 1 is 1.00 bits per heavy atom. The lowest BCUT2D eigenvalue weighted by Crippen LogP contribution is -2.52. The minimum Gasteiger partial charge on any atom is -0.277 e. The van der Waals surface area contributed by atoms with Gasteiger partial charge in [-0.15, -0.1) is 0 Å². The smallest absolute Gasteiger partial charge is 0.277 e. The number of carbonyl (C=O) groups excluding carboxylic acids is 3. The highest BCUT2D eigenvalue weighted by molar-refractivity contribution is 9.10. The van der Waals surface area contributed by atoms with E-state index < -0.39 is 17.8 Å². The second-order valence-corrected chi connectivity index (χ2v) is 5.35. The molecule has 1 N–H and O–H groups in total. The summed E-state index contributed by atoms with van der Waals surface area (Å²) in [6.45, 7) is 0. The van der Waals surface area contributed by atoms with Crippen molar-refractivity contribution in [1.29, 1.82) is 0 Å². The monoisotopic (exact) mass is 332 g/mol. The van der Waals surface area contributed by atoms with Crippen LogP contribution in [0.5, 0.6) is 0 Å². The number of carbonyl (C=O) groups is 3. The number of urea groups is 1. The average Bonchev–Trinajstić information content (AvgIpc) is 2.37. The highest BCUT2D eigenvalue weighted by Crippen LogP contribution is 2.26. The van der Waals surface area contributed by atoms with Crippen LogP contribution in [0.1, 0.15) is 6.42 Å². The second kappa shape index (κ2) is 4.72. The molecule has 4 amide bonds. The molecular weight excluding hydrogens is 324 g/mol. The van der Waals surface area contributed by atoms with E-state index in [9.17, 15) is 14.4 Å². The number of imide groups is 2. The van der Waals surface area contributed by atoms with Crippen molar-refractivity contribution in [2.45, 2.75) is 6.42 Å². The van der Waals surface area contributed by atoms with E-state index in [1.165, 1.54) is 0 Å². The Morgan fingerprint density at radius 2 is 1.70 bits per heavy atom. The average molecular weight is 333 g/mol. The maximum Gasteiger partial charge on any atom is 0.335 e. The number of nitrogens with zero attached hydrogens (tertiary/aromatic N) is 1. The van der Waals surface area contributed by atoms with Gasteiger partial charge in [0.05, 0.1) is 5.69 Å². The van der Waals surface area contributed by atoms with Gasteiger partial charge in [-0.1, -0.05) is 28.1 Å². The van der Waals surface area contributed by atoms with Gasteiger partial charge in [-0.3, -0.25) is 14.9 Å². The Balaban J connectivity index is 2.05. The van der Waals surface area contributed by atoms with E-state index in [2.05, 4.69) is 21.2 Å². The SMILES string of the molecule is O=C1CC(=O)N(c2ccc3cc(Br)ccc3c2)C(=O)N1. The van der Waals surface area contributed by atoms with Crippen LogP contribution in [-0.2, 0) is 9.59 Å². The third-order valence-corrected chi connectivity index (χ3v) is 3.55. The van der Waals surface area contributed by atoms with Gasteiger partial charge in [0.2, 0.25) is 11.8 Å². The maximum atomic E-state index is 11.8. The maximum absolute atomic E-state index is 11.8. The highest BCUT2D eigenvalue weighted by atomic mass is 79.9. The largest absolute Gasteiger partial charge is 0.335 e. The molecule has 0 radical (unpaired) electrons. The molecule has 5 nitrogen and oxygen atoms in total. The lowest BCUT2D eigenvalue weighted by molar-refractivity contribution is -0.128. The van der Waals surface area contributed by atoms with Crippen molar-refractivity contribution in [2.75, 3.05) is 4.90 Å². The van der Waals surface area contributed by atoms with E-state index in [0.29, 0.717) is 5.69 Å². The predicted octanol–water partition coefficient (Wildman–Crippen LogP) is 2.58. The summed E-state index contributed by atoms with van der Waals surface area (Å²) >= 11 is 3.39. The van der Waals surface area contributed by atoms with Gasteiger partial charge < -0.3 is 0 Å². The van der Waals surface area contributed by atoms with Gasteiger partial charge in [-0.2, -0.15) is 0 Å². The van der Waals surface area contributed by atoms with E-state index in [1.807, 2.05) is 24.3 Å². The summed E-state index contributed by atoms with van der Waals surface area (Å²) in [5.41, 5.74) is 0.454. The number of barbiturate groups is 1. The topological polar surface area (TPSA) is 66.5 Å². The Bertz CT molecular complexity index is 737. The molecule has 1 saturated heterocycles. The van der Waals surface area contributed by atoms with E-state index in [-0.39, 0.29) is 6.42 Å². The van der Waals surface area contributed by atoms with Crippen LogP contribution < -0.4 is 10.2 Å². The van der Waals surface area contributed by atoms with E-state index in [1.54, 1.807) is 12.1 Å². The molecule has 1 fully saturated rings. The number of benzene rings is 2. The molecule has 1 heterocycles. The summed E-state index contributed by atoms with van der Waals surface area (Å²) in [4.78, 5) is 35.7. The van der Waals surface area contributed by atoms with Gasteiger partial charge in [-0.25, -0.2) is 9.69 Å². The van der Waals surface area contributed by atoms with Gasteiger partial charge in [-0.05, 0) is 35.0 Å². The number of hydrogen-bond acceptors (Lipinski definition) is 3. The zero-order valence-corrected chi connectivity index (χ0v) is 11.8. The third kappa shape index (κ3) is 2.18. The van der Waals surface area contributed by atoms with Gasteiger partial charge in [0.1, 0.15) is 6.42 Å². The first-order chi connectivity index (χ1) is 9.54. The molecule has 2 aromatic rings. The summed E-state index contributed by atoms with van der Waals surface area (Å²) in [5.74, 6) is -1.09. The summed E-state index contributed by atoms with van der Waals surface area (Å²) in [7, 11) is 0. The fourth-order valence-corrected chi connectivity index (χ4v) is 2.53. The van der Waals surface area contributed by atoms with E-state index in [0.717, 1.165) is 20.1 Å². The van der Waals surface area contributed by atoms with Crippen LogP contribution in [-0.4, -0.2) is 17.8 Å². The predicted molar refractivity (Wildman–Crippen MR) is 77.3 cm³/mol. The first-order valence-corrected chi connectivity index (χ1v) is 6.70. The van der Waals surface area contributed by atoms with Crippen molar-refractivity contribution in [3.8, 4) is 0 Å². The molecule has 3 rings (SSSR count). The van der Waals surface area contributed by atoms with Crippen LogP contribution in [0.4, 0.5) is 10.5 Å². The van der Waals surface area contributed by atoms with Gasteiger partial charge in [0, 0.05) is 4.47 Å². The first-order valence-electron chi connectivity index (χ1n) is 5.91. The lowest BCUT2D eigenvalue weighted by Gasteiger charge is -2.24. The van der Waals surface area contributed by atoms with E-state index in [4.69, 9.17) is 0 Å². The van der Waals surface area contributed by atoms with Gasteiger partial charge in [0.15, 0.2) is 0 Å². The second-order valence-electron chi connectivity index (χ2n) is 4.44. The van der Waals surface area contributed by atoms with Crippen molar-refractivity contribution < 1.29 is 14.4 Å². The molecule has 0 spiro atoms. The molecule has 0 bridgehead atoms. The van der Waals surface area contributed by atoms with Crippen LogP contribution in [0.3, 0.4) is 0 Å². The molecule has 1 aliphatic heterocycles. The Hall–Kier alpha value is -2.21. The number of halogens is 1. The molecule has 0 unspecified atom stereocenters. The Labute approximate surface area is 122 Å². The molecule has 100 valence electrons. The molecule has 1 aliphatic rings. The number of hydrogen-bond donors (Lipinski definition) is 1. The number of rotatable bonds is 1. The lowest BCUT2D eigenvalue weighted by atomic mass is 10.1. The van der Waals surface area contributed by atoms with Crippen molar-refractivity contribution in [2.24, 2.45) is 0 Å². The molecule has 6 heteroatoms. The highest BCUT2D eigenvalue weighted by Gasteiger charge is 2.31. The van der Waals surface area contributed by atoms with Crippen molar-refractivity contribution in [3.63, 3.8) is 0 Å². The first kappa shape index (κ1) is 12.8. The number of nitrogens with one attached hydrogen (secondary N) is 1. The zero-order chi connectivity index (χ0) is 14.3.